The number of hydrogen-bond acceptors (Lipinski definition) is 6. The van der Waals surface area contributed by atoms with Gasteiger partial charge >= 0.3 is 5.76 Å². The Balaban J connectivity index is 2.16. The highest BCUT2D eigenvalue weighted by Gasteiger charge is 2.17. The molecule has 108 valence electrons. The third kappa shape index (κ3) is 3.52. The Hall–Kier alpha value is -1.99. The van der Waals surface area contributed by atoms with Crippen LogP contribution in [0.1, 0.15) is 13.8 Å². The van der Waals surface area contributed by atoms with Gasteiger partial charge in [-0.2, -0.15) is 0 Å². The Morgan fingerprint density at radius 1 is 1.45 bits per heavy atom. The number of pyridine rings is 1. The van der Waals surface area contributed by atoms with Gasteiger partial charge in [0.15, 0.2) is 0 Å². The molecule has 20 heavy (non-hydrogen) atoms. The summed E-state index contributed by atoms with van der Waals surface area (Å²) >= 11 is 0. The molecule has 2 aromatic heterocycles. The van der Waals surface area contributed by atoms with Gasteiger partial charge in [-0.05, 0) is 26.0 Å². The first-order valence-electron chi connectivity index (χ1n) is 6.35. The van der Waals surface area contributed by atoms with Gasteiger partial charge in [0.1, 0.15) is 5.69 Å². The fraction of sp³-hybridized carbons (Fsp3) is 0.462. The Morgan fingerprint density at radius 3 is 2.90 bits per heavy atom. The molecule has 2 aromatic rings. The number of nitrogens with zero attached hydrogens (tertiary/aromatic N) is 3. The van der Waals surface area contributed by atoms with Crippen molar-refractivity contribution < 1.29 is 14.4 Å². The summed E-state index contributed by atoms with van der Waals surface area (Å²) in [4.78, 5) is 15.8. The molecular weight excluding hydrogens is 262 g/mol. The van der Waals surface area contributed by atoms with E-state index in [1.807, 2.05) is 13.8 Å². The lowest BCUT2D eigenvalue weighted by atomic mass is 10.3. The van der Waals surface area contributed by atoms with E-state index in [1.54, 1.807) is 24.4 Å². The summed E-state index contributed by atoms with van der Waals surface area (Å²) in [6, 6.07) is 5.26. The van der Waals surface area contributed by atoms with Crippen LogP contribution < -0.4 is 5.76 Å². The molecular formula is C13H17N3O4. The highest BCUT2D eigenvalue weighted by molar-refractivity contribution is 5.47. The van der Waals surface area contributed by atoms with E-state index in [0.717, 1.165) is 0 Å². The molecule has 1 N–H and O–H groups in total. The summed E-state index contributed by atoms with van der Waals surface area (Å²) in [5, 5.41) is 13.6. The molecule has 0 bridgehead atoms. The van der Waals surface area contributed by atoms with Gasteiger partial charge in [-0.1, -0.05) is 11.2 Å². The molecule has 0 saturated heterocycles. The van der Waals surface area contributed by atoms with Crippen LogP contribution in [0.2, 0.25) is 0 Å². The van der Waals surface area contributed by atoms with Crippen molar-refractivity contribution >= 4 is 0 Å². The predicted molar refractivity (Wildman–Crippen MR) is 71.1 cm³/mol. The lowest BCUT2D eigenvalue weighted by molar-refractivity contribution is -0.00120. The van der Waals surface area contributed by atoms with Crippen LogP contribution in [0.25, 0.3) is 11.5 Å². The highest BCUT2D eigenvalue weighted by atomic mass is 16.5. The van der Waals surface area contributed by atoms with Crippen LogP contribution in [0.4, 0.5) is 0 Å². The Labute approximate surface area is 115 Å². The van der Waals surface area contributed by atoms with Crippen LogP contribution in [0.3, 0.4) is 0 Å². The lowest BCUT2D eigenvalue weighted by Gasteiger charge is -2.13. The number of ether oxygens (including phenoxy) is 1. The topological polar surface area (TPSA) is 90.4 Å². The quantitative estimate of drug-likeness (QED) is 0.836. The third-order valence-electron chi connectivity index (χ3n) is 2.60. The van der Waals surface area contributed by atoms with Gasteiger partial charge in [-0.3, -0.25) is 14.1 Å². The normalized spacial score (nSPS) is 12.8. The monoisotopic (exact) mass is 279 g/mol. The molecule has 0 spiro atoms. The van der Waals surface area contributed by atoms with Gasteiger partial charge < -0.3 is 9.84 Å². The van der Waals surface area contributed by atoms with Crippen molar-refractivity contribution in [2.24, 2.45) is 0 Å². The van der Waals surface area contributed by atoms with Crippen LogP contribution in [-0.2, 0) is 11.3 Å². The molecule has 1 atom stereocenters. The van der Waals surface area contributed by atoms with Gasteiger partial charge in [-0.15, -0.1) is 0 Å². The summed E-state index contributed by atoms with van der Waals surface area (Å²) < 4.78 is 11.2. The van der Waals surface area contributed by atoms with Gasteiger partial charge in [0.2, 0.25) is 5.82 Å². The fourth-order valence-corrected chi connectivity index (χ4v) is 1.68. The maximum absolute atomic E-state index is 11.6. The molecule has 2 rings (SSSR count). The third-order valence-corrected chi connectivity index (χ3v) is 2.60. The van der Waals surface area contributed by atoms with Crippen LogP contribution in [-0.4, -0.2) is 38.6 Å². The molecule has 0 amide bonds. The summed E-state index contributed by atoms with van der Waals surface area (Å²) in [6.45, 7) is 3.92. The van der Waals surface area contributed by atoms with Gasteiger partial charge in [-0.25, -0.2) is 4.79 Å². The standard InChI is InChI=1S/C13H17N3O4/c1-9(2)19-8-10(17)7-16-12(15-20-13(16)18)11-5-3-4-6-14-11/h3-6,9-10,17H,7-8H2,1-2H3. The highest BCUT2D eigenvalue weighted by Crippen LogP contribution is 2.12. The molecule has 7 heteroatoms. The van der Waals surface area contributed by atoms with Crippen LogP contribution in [0.5, 0.6) is 0 Å². The summed E-state index contributed by atoms with van der Waals surface area (Å²) in [6.07, 6.45) is 0.785. The number of aliphatic hydroxyl groups is 1. The van der Waals surface area contributed by atoms with E-state index in [4.69, 9.17) is 4.74 Å². The van der Waals surface area contributed by atoms with E-state index < -0.39 is 11.9 Å². The molecule has 0 aliphatic rings. The van der Waals surface area contributed by atoms with Crippen molar-refractivity contribution in [2.45, 2.75) is 32.6 Å². The Kier molecular flexibility index (Phi) is 4.65. The zero-order valence-electron chi connectivity index (χ0n) is 11.4. The largest absolute Gasteiger partial charge is 0.442 e. The molecule has 2 heterocycles. The first-order valence-corrected chi connectivity index (χ1v) is 6.35. The minimum atomic E-state index is -0.822. The average molecular weight is 279 g/mol. The second-order valence-corrected chi connectivity index (χ2v) is 4.63. The van der Waals surface area contributed by atoms with E-state index in [0.29, 0.717) is 11.5 Å². The first kappa shape index (κ1) is 14.4. The van der Waals surface area contributed by atoms with Crippen molar-refractivity contribution in [1.82, 2.24) is 14.7 Å². The molecule has 0 fully saturated rings. The Bertz CT molecular complexity index is 591. The number of hydrogen-bond donors (Lipinski definition) is 1. The zero-order valence-corrected chi connectivity index (χ0v) is 11.4. The number of aromatic nitrogens is 3. The zero-order chi connectivity index (χ0) is 14.5. The van der Waals surface area contributed by atoms with Crippen LogP contribution in [0.15, 0.2) is 33.7 Å². The Morgan fingerprint density at radius 2 is 2.25 bits per heavy atom. The predicted octanol–water partition coefficient (Wildman–Crippen LogP) is 0.684. The van der Waals surface area contributed by atoms with Crippen LogP contribution in [0, 0.1) is 0 Å². The average Bonchev–Trinajstić information content (AvgIpc) is 2.79. The number of aliphatic hydroxyl groups excluding tert-OH is 1. The molecule has 0 radical (unpaired) electrons. The van der Waals surface area contributed by atoms with E-state index >= 15 is 0 Å². The number of rotatable bonds is 6. The van der Waals surface area contributed by atoms with Gasteiger partial charge in [0.05, 0.1) is 25.4 Å². The second kappa shape index (κ2) is 6.44. The lowest BCUT2D eigenvalue weighted by Crippen LogP contribution is -2.28. The maximum atomic E-state index is 11.6. The minimum absolute atomic E-state index is 0.0131. The van der Waals surface area contributed by atoms with E-state index in [9.17, 15) is 9.90 Å². The SMILES string of the molecule is CC(C)OCC(O)Cn1c(-c2ccccn2)noc1=O. The first-order chi connectivity index (χ1) is 9.58. The molecule has 7 nitrogen and oxygen atoms in total. The maximum Gasteiger partial charge on any atom is 0.442 e. The van der Waals surface area contributed by atoms with Crippen LogP contribution >= 0.6 is 0 Å². The molecule has 0 aliphatic heterocycles. The van der Waals surface area contributed by atoms with Crippen molar-refractivity contribution in [1.29, 1.82) is 0 Å². The molecule has 0 aliphatic carbocycles. The second-order valence-electron chi connectivity index (χ2n) is 4.63. The summed E-state index contributed by atoms with van der Waals surface area (Å²) in [7, 11) is 0. The fourth-order valence-electron chi connectivity index (χ4n) is 1.68. The summed E-state index contributed by atoms with van der Waals surface area (Å²) in [5.41, 5.74) is 0.510. The molecule has 1 unspecified atom stereocenters. The van der Waals surface area contributed by atoms with Crippen molar-refractivity contribution in [3.8, 4) is 11.5 Å². The molecule has 0 aromatic carbocycles. The van der Waals surface area contributed by atoms with E-state index in [2.05, 4.69) is 14.7 Å². The smallest absolute Gasteiger partial charge is 0.389 e. The van der Waals surface area contributed by atoms with Gasteiger partial charge in [0.25, 0.3) is 0 Å². The van der Waals surface area contributed by atoms with E-state index in [1.165, 1.54) is 4.57 Å². The van der Waals surface area contributed by atoms with Crippen molar-refractivity contribution in [3.63, 3.8) is 0 Å². The summed E-state index contributed by atoms with van der Waals surface area (Å²) in [5.74, 6) is -0.339. The minimum Gasteiger partial charge on any atom is -0.389 e. The van der Waals surface area contributed by atoms with Crippen molar-refractivity contribution in [3.05, 3.63) is 34.9 Å². The van der Waals surface area contributed by atoms with Gasteiger partial charge in [0, 0.05) is 6.20 Å². The van der Waals surface area contributed by atoms with E-state index in [-0.39, 0.29) is 19.3 Å². The molecule has 0 saturated carbocycles. The van der Waals surface area contributed by atoms with Crippen molar-refractivity contribution in [2.75, 3.05) is 6.61 Å².